The minimum atomic E-state index is -0.879. The average molecular weight is 529 g/mol. The molecular weight excluding hydrogens is 496 g/mol. The Bertz CT molecular complexity index is 1350. The SMILES string of the molecule is COc1ccc(CN(C(=O)Cc2ccc(OC)c(OC)c2)C(C(=O)NCc2ccco2)c2ccccc2)cc1. The van der Waals surface area contributed by atoms with E-state index in [9.17, 15) is 9.59 Å². The lowest BCUT2D eigenvalue weighted by Gasteiger charge is -2.32. The molecule has 202 valence electrons. The van der Waals surface area contributed by atoms with E-state index in [1.807, 2.05) is 60.7 Å². The number of hydrogen-bond acceptors (Lipinski definition) is 6. The molecule has 1 heterocycles. The molecule has 0 aliphatic rings. The summed E-state index contributed by atoms with van der Waals surface area (Å²) < 4.78 is 21.4. The highest BCUT2D eigenvalue weighted by molar-refractivity contribution is 5.89. The van der Waals surface area contributed by atoms with Crippen LogP contribution in [0, 0.1) is 0 Å². The number of methoxy groups -OCH3 is 3. The van der Waals surface area contributed by atoms with E-state index in [-0.39, 0.29) is 31.3 Å². The van der Waals surface area contributed by atoms with Crippen LogP contribution >= 0.6 is 0 Å². The zero-order chi connectivity index (χ0) is 27.6. The second-order valence-corrected chi connectivity index (χ2v) is 8.85. The molecule has 1 atom stereocenters. The van der Waals surface area contributed by atoms with Crippen LogP contribution in [-0.4, -0.2) is 38.0 Å². The number of hydrogen-bond donors (Lipinski definition) is 1. The summed E-state index contributed by atoms with van der Waals surface area (Å²) in [5, 5.41) is 2.94. The number of furan rings is 1. The van der Waals surface area contributed by atoms with E-state index in [2.05, 4.69) is 5.32 Å². The fourth-order valence-corrected chi connectivity index (χ4v) is 4.31. The number of carbonyl (C=O) groups is 2. The molecule has 0 aliphatic carbocycles. The van der Waals surface area contributed by atoms with Gasteiger partial charge in [-0.3, -0.25) is 9.59 Å². The van der Waals surface area contributed by atoms with Crippen molar-refractivity contribution >= 4 is 11.8 Å². The van der Waals surface area contributed by atoms with E-state index in [1.54, 1.807) is 56.8 Å². The van der Waals surface area contributed by atoms with Gasteiger partial charge < -0.3 is 28.8 Å². The third-order valence-corrected chi connectivity index (χ3v) is 6.33. The third kappa shape index (κ3) is 6.98. The number of benzene rings is 3. The second kappa shape index (κ2) is 13.2. The van der Waals surface area contributed by atoms with Gasteiger partial charge in [-0.15, -0.1) is 0 Å². The molecule has 8 heteroatoms. The van der Waals surface area contributed by atoms with Gasteiger partial charge in [-0.2, -0.15) is 0 Å². The highest BCUT2D eigenvalue weighted by Crippen LogP contribution is 2.30. The molecule has 1 N–H and O–H groups in total. The maximum atomic E-state index is 14.0. The van der Waals surface area contributed by atoms with E-state index in [1.165, 1.54) is 0 Å². The molecule has 0 aliphatic heterocycles. The predicted octanol–water partition coefficient (Wildman–Crippen LogP) is 4.93. The van der Waals surface area contributed by atoms with Crippen molar-refractivity contribution in [2.75, 3.05) is 21.3 Å². The first-order valence-corrected chi connectivity index (χ1v) is 12.5. The van der Waals surface area contributed by atoms with Crippen LogP contribution in [0.4, 0.5) is 0 Å². The number of nitrogens with one attached hydrogen (secondary N) is 1. The standard InChI is InChI=1S/C31H32N2O6/c1-36-25-14-11-22(12-15-25)21-33(29(34)19-23-13-16-27(37-2)28(18-23)38-3)30(24-8-5-4-6-9-24)31(35)32-20-26-10-7-17-39-26/h4-18,30H,19-21H2,1-3H3,(H,32,35). The first-order valence-electron chi connectivity index (χ1n) is 12.5. The molecule has 4 aromatic rings. The van der Waals surface area contributed by atoms with Gasteiger partial charge in [-0.25, -0.2) is 0 Å². The summed E-state index contributed by atoms with van der Waals surface area (Å²) in [6, 6.07) is 24.8. The number of carbonyl (C=O) groups excluding carboxylic acids is 2. The lowest BCUT2D eigenvalue weighted by atomic mass is 10.0. The highest BCUT2D eigenvalue weighted by Gasteiger charge is 2.31. The summed E-state index contributed by atoms with van der Waals surface area (Å²) in [5.41, 5.74) is 2.29. The van der Waals surface area contributed by atoms with E-state index < -0.39 is 6.04 Å². The predicted molar refractivity (Wildman–Crippen MR) is 147 cm³/mol. The van der Waals surface area contributed by atoms with Gasteiger partial charge in [-0.05, 0) is 53.1 Å². The van der Waals surface area contributed by atoms with E-state index in [0.29, 0.717) is 28.6 Å². The van der Waals surface area contributed by atoms with Crippen molar-refractivity contribution in [3.8, 4) is 17.2 Å². The summed E-state index contributed by atoms with van der Waals surface area (Å²) in [7, 11) is 4.71. The summed E-state index contributed by atoms with van der Waals surface area (Å²) >= 11 is 0. The van der Waals surface area contributed by atoms with Crippen LogP contribution in [0.25, 0.3) is 0 Å². The molecule has 0 bridgehead atoms. The smallest absolute Gasteiger partial charge is 0.247 e. The molecule has 0 fully saturated rings. The number of nitrogens with zero attached hydrogens (tertiary/aromatic N) is 1. The molecular formula is C31H32N2O6. The topological polar surface area (TPSA) is 90.2 Å². The van der Waals surface area contributed by atoms with E-state index in [0.717, 1.165) is 11.1 Å². The molecule has 0 saturated heterocycles. The summed E-state index contributed by atoms with van der Waals surface area (Å²) in [6.07, 6.45) is 1.62. The van der Waals surface area contributed by atoms with Gasteiger partial charge in [0.25, 0.3) is 0 Å². The molecule has 4 rings (SSSR count). The Kier molecular flexibility index (Phi) is 9.24. The lowest BCUT2D eigenvalue weighted by Crippen LogP contribution is -2.43. The average Bonchev–Trinajstić information content (AvgIpc) is 3.50. The number of amides is 2. The zero-order valence-electron chi connectivity index (χ0n) is 22.3. The van der Waals surface area contributed by atoms with Gasteiger partial charge in [-0.1, -0.05) is 48.5 Å². The van der Waals surface area contributed by atoms with Crippen molar-refractivity contribution in [1.82, 2.24) is 10.2 Å². The molecule has 8 nitrogen and oxygen atoms in total. The van der Waals surface area contributed by atoms with Crippen molar-refractivity contribution in [3.63, 3.8) is 0 Å². The molecule has 0 radical (unpaired) electrons. The molecule has 0 spiro atoms. The minimum absolute atomic E-state index is 0.0608. The Hall–Kier alpha value is -4.72. The quantitative estimate of drug-likeness (QED) is 0.280. The fourth-order valence-electron chi connectivity index (χ4n) is 4.31. The Balaban J connectivity index is 1.68. The zero-order valence-corrected chi connectivity index (χ0v) is 22.3. The third-order valence-electron chi connectivity index (χ3n) is 6.33. The van der Waals surface area contributed by atoms with Crippen LogP contribution in [0.5, 0.6) is 17.2 Å². The monoisotopic (exact) mass is 528 g/mol. The van der Waals surface area contributed by atoms with Crippen molar-refractivity contribution < 1.29 is 28.2 Å². The van der Waals surface area contributed by atoms with Crippen LogP contribution in [-0.2, 0) is 29.1 Å². The van der Waals surface area contributed by atoms with E-state index in [4.69, 9.17) is 18.6 Å². The highest BCUT2D eigenvalue weighted by atomic mass is 16.5. The summed E-state index contributed by atoms with van der Waals surface area (Å²) in [4.78, 5) is 29.3. The van der Waals surface area contributed by atoms with Crippen molar-refractivity contribution in [2.24, 2.45) is 0 Å². The van der Waals surface area contributed by atoms with Gasteiger partial charge in [0.15, 0.2) is 11.5 Å². The van der Waals surface area contributed by atoms with Gasteiger partial charge in [0.05, 0.1) is 40.6 Å². The fraction of sp³-hybridized carbons (Fsp3) is 0.226. The molecule has 1 aromatic heterocycles. The number of ether oxygens (including phenoxy) is 3. The number of rotatable bonds is 12. The minimum Gasteiger partial charge on any atom is -0.497 e. The van der Waals surface area contributed by atoms with Crippen LogP contribution < -0.4 is 19.5 Å². The first kappa shape index (κ1) is 27.3. The largest absolute Gasteiger partial charge is 0.497 e. The molecule has 3 aromatic carbocycles. The van der Waals surface area contributed by atoms with Crippen molar-refractivity contribution in [2.45, 2.75) is 25.6 Å². The normalized spacial score (nSPS) is 11.4. The van der Waals surface area contributed by atoms with Gasteiger partial charge in [0.1, 0.15) is 17.6 Å². The van der Waals surface area contributed by atoms with Gasteiger partial charge >= 0.3 is 0 Å². The van der Waals surface area contributed by atoms with E-state index >= 15 is 0 Å². The maximum Gasteiger partial charge on any atom is 0.247 e. The van der Waals surface area contributed by atoms with Gasteiger partial charge in [0.2, 0.25) is 11.8 Å². The summed E-state index contributed by atoms with van der Waals surface area (Å²) in [5.74, 6) is 1.89. The second-order valence-electron chi connectivity index (χ2n) is 8.85. The molecule has 0 saturated carbocycles. The molecule has 1 unspecified atom stereocenters. The van der Waals surface area contributed by atoms with Crippen LogP contribution in [0.15, 0.2) is 95.6 Å². The molecule has 2 amide bonds. The Morgan fingerprint density at radius 3 is 2.18 bits per heavy atom. The summed E-state index contributed by atoms with van der Waals surface area (Å²) in [6.45, 7) is 0.416. The Morgan fingerprint density at radius 2 is 1.54 bits per heavy atom. The first-order chi connectivity index (χ1) is 19.0. The van der Waals surface area contributed by atoms with Crippen LogP contribution in [0.1, 0.15) is 28.5 Å². The van der Waals surface area contributed by atoms with Gasteiger partial charge in [0, 0.05) is 6.54 Å². The maximum absolute atomic E-state index is 14.0. The van der Waals surface area contributed by atoms with Crippen LogP contribution in [0.2, 0.25) is 0 Å². The van der Waals surface area contributed by atoms with Crippen LogP contribution in [0.3, 0.4) is 0 Å². The van der Waals surface area contributed by atoms with Crippen molar-refractivity contribution in [1.29, 1.82) is 0 Å². The Labute approximate surface area is 228 Å². The molecule has 39 heavy (non-hydrogen) atoms. The Morgan fingerprint density at radius 1 is 0.821 bits per heavy atom. The lowest BCUT2D eigenvalue weighted by molar-refractivity contribution is -0.141. The van der Waals surface area contributed by atoms with Crippen molar-refractivity contribution in [3.05, 3.63) is 114 Å².